The number of amides is 2. The van der Waals surface area contributed by atoms with Gasteiger partial charge in [0.1, 0.15) is 0 Å². The van der Waals surface area contributed by atoms with E-state index in [1.54, 1.807) is 45.0 Å². The molecule has 0 aromatic heterocycles. The minimum Gasteiger partial charge on any atom is -0.493 e. The first-order valence-electron chi connectivity index (χ1n) is 6.19. The average Bonchev–Trinajstić information content (AvgIpc) is 2.41. The van der Waals surface area contributed by atoms with Crippen LogP contribution in [0.3, 0.4) is 0 Å². The summed E-state index contributed by atoms with van der Waals surface area (Å²) in [5.41, 5.74) is 4.06. The number of hydrogen-bond acceptors (Lipinski definition) is 4. The number of nitrogens with one attached hydrogen (secondary N) is 2. The maximum atomic E-state index is 11.6. The second-order valence-corrected chi connectivity index (χ2v) is 5.19. The Morgan fingerprint density at radius 2 is 1.70 bits per heavy atom. The highest BCUT2D eigenvalue weighted by molar-refractivity contribution is 5.85. The van der Waals surface area contributed by atoms with Crippen LogP contribution in [0.2, 0.25) is 0 Å². The Labute approximate surface area is 118 Å². The molecule has 0 spiro atoms. The molecule has 1 rings (SSSR count). The first-order valence-corrected chi connectivity index (χ1v) is 6.19. The molecule has 0 atom stereocenters. The number of ether oxygens (including phenoxy) is 2. The van der Waals surface area contributed by atoms with Crippen molar-refractivity contribution in [1.29, 1.82) is 0 Å². The maximum absolute atomic E-state index is 11.6. The third-order valence-corrected chi connectivity index (χ3v) is 2.42. The van der Waals surface area contributed by atoms with Gasteiger partial charge < -0.3 is 9.47 Å². The Morgan fingerprint density at radius 1 is 1.10 bits per heavy atom. The molecule has 2 N–H and O–H groups in total. The summed E-state index contributed by atoms with van der Waals surface area (Å²) in [6.45, 7) is 5.03. The lowest BCUT2D eigenvalue weighted by Crippen LogP contribution is -2.48. The van der Waals surface area contributed by atoms with Crippen LogP contribution >= 0.6 is 0 Å². The van der Waals surface area contributed by atoms with Gasteiger partial charge in [0.15, 0.2) is 18.1 Å². The topological polar surface area (TPSA) is 76.7 Å². The third-order valence-electron chi connectivity index (χ3n) is 2.42. The molecular weight excluding hydrogens is 260 g/mol. The van der Waals surface area contributed by atoms with Crippen LogP contribution in [-0.2, 0) is 9.59 Å². The van der Waals surface area contributed by atoms with E-state index in [1.165, 1.54) is 7.11 Å². The number of benzene rings is 1. The van der Waals surface area contributed by atoms with Gasteiger partial charge in [0.25, 0.3) is 5.91 Å². The Kier molecular flexibility index (Phi) is 5.37. The fourth-order valence-corrected chi connectivity index (χ4v) is 1.23. The van der Waals surface area contributed by atoms with Gasteiger partial charge >= 0.3 is 0 Å². The predicted molar refractivity (Wildman–Crippen MR) is 74.2 cm³/mol. The molecule has 0 bridgehead atoms. The van der Waals surface area contributed by atoms with Gasteiger partial charge in [0.2, 0.25) is 5.91 Å². The number of hydrazine groups is 1. The summed E-state index contributed by atoms with van der Waals surface area (Å²) in [5, 5.41) is 0. The lowest BCUT2D eigenvalue weighted by Gasteiger charge is -2.18. The quantitative estimate of drug-likeness (QED) is 0.814. The van der Waals surface area contributed by atoms with Crippen LogP contribution in [0.4, 0.5) is 0 Å². The molecule has 20 heavy (non-hydrogen) atoms. The first-order chi connectivity index (χ1) is 9.34. The molecule has 0 radical (unpaired) electrons. The molecule has 0 saturated carbocycles. The number of para-hydroxylation sites is 2. The standard InChI is InChI=1S/C14H20N2O4/c1-14(2,3)13(18)16-15-12(17)9-20-11-8-6-5-7-10(11)19-4/h5-8H,9H2,1-4H3,(H,15,17)(H,16,18). The molecule has 0 saturated heterocycles. The monoisotopic (exact) mass is 280 g/mol. The molecule has 1 aromatic rings. The van der Waals surface area contributed by atoms with E-state index in [1.807, 2.05) is 0 Å². The maximum Gasteiger partial charge on any atom is 0.276 e. The smallest absolute Gasteiger partial charge is 0.276 e. The molecular formula is C14H20N2O4. The van der Waals surface area contributed by atoms with Crippen molar-refractivity contribution in [3.8, 4) is 11.5 Å². The van der Waals surface area contributed by atoms with Gasteiger partial charge in [-0.05, 0) is 12.1 Å². The molecule has 0 aliphatic carbocycles. The van der Waals surface area contributed by atoms with Crippen LogP contribution in [0.5, 0.6) is 11.5 Å². The average molecular weight is 280 g/mol. The van der Waals surface area contributed by atoms with Gasteiger partial charge in [0, 0.05) is 5.41 Å². The summed E-state index contributed by atoms with van der Waals surface area (Å²) in [6, 6.07) is 7.00. The minimum atomic E-state index is -0.573. The summed E-state index contributed by atoms with van der Waals surface area (Å²) >= 11 is 0. The van der Waals surface area contributed by atoms with Crippen molar-refractivity contribution in [1.82, 2.24) is 10.9 Å². The van der Waals surface area contributed by atoms with Crippen LogP contribution in [-0.4, -0.2) is 25.5 Å². The lowest BCUT2D eigenvalue weighted by atomic mass is 9.96. The van der Waals surface area contributed by atoms with E-state index in [0.29, 0.717) is 11.5 Å². The molecule has 6 heteroatoms. The van der Waals surface area contributed by atoms with Gasteiger partial charge in [-0.3, -0.25) is 20.4 Å². The van der Waals surface area contributed by atoms with E-state index in [9.17, 15) is 9.59 Å². The van der Waals surface area contributed by atoms with Gasteiger partial charge in [-0.25, -0.2) is 0 Å². The third kappa shape index (κ3) is 4.79. The molecule has 0 fully saturated rings. The van der Waals surface area contributed by atoms with Crippen molar-refractivity contribution in [3.63, 3.8) is 0 Å². The first kappa shape index (κ1) is 15.8. The Bertz CT molecular complexity index is 480. The van der Waals surface area contributed by atoms with Crippen LogP contribution in [0.25, 0.3) is 0 Å². The second-order valence-electron chi connectivity index (χ2n) is 5.19. The largest absolute Gasteiger partial charge is 0.493 e. The number of carbonyl (C=O) groups is 2. The summed E-state index contributed by atoms with van der Waals surface area (Å²) < 4.78 is 10.4. The van der Waals surface area contributed by atoms with E-state index in [0.717, 1.165) is 0 Å². The van der Waals surface area contributed by atoms with E-state index in [2.05, 4.69) is 10.9 Å². The zero-order valence-electron chi connectivity index (χ0n) is 12.1. The Morgan fingerprint density at radius 3 is 2.25 bits per heavy atom. The van der Waals surface area contributed by atoms with Crippen molar-refractivity contribution in [2.75, 3.05) is 13.7 Å². The highest BCUT2D eigenvalue weighted by Crippen LogP contribution is 2.25. The normalized spacial score (nSPS) is 10.6. The molecule has 6 nitrogen and oxygen atoms in total. The summed E-state index contributed by atoms with van der Waals surface area (Å²) in [6.07, 6.45) is 0. The number of methoxy groups -OCH3 is 1. The highest BCUT2D eigenvalue weighted by Gasteiger charge is 2.21. The van der Waals surface area contributed by atoms with E-state index < -0.39 is 11.3 Å². The van der Waals surface area contributed by atoms with E-state index >= 15 is 0 Å². The van der Waals surface area contributed by atoms with Gasteiger partial charge in [-0.15, -0.1) is 0 Å². The molecule has 110 valence electrons. The van der Waals surface area contributed by atoms with Crippen molar-refractivity contribution >= 4 is 11.8 Å². The van der Waals surface area contributed by atoms with Gasteiger partial charge in [-0.2, -0.15) is 0 Å². The SMILES string of the molecule is COc1ccccc1OCC(=O)NNC(=O)C(C)(C)C. The summed E-state index contributed by atoms with van der Waals surface area (Å²) in [5.74, 6) is 0.281. The molecule has 2 amide bonds. The lowest BCUT2D eigenvalue weighted by molar-refractivity contribution is -0.134. The predicted octanol–water partition coefficient (Wildman–Crippen LogP) is 1.27. The highest BCUT2D eigenvalue weighted by atomic mass is 16.5. The van der Waals surface area contributed by atoms with E-state index in [4.69, 9.17) is 9.47 Å². The Balaban J connectivity index is 2.42. The molecule has 0 aliphatic heterocycles. The van der Waals surface area contributed by atoms with Gasteiger partial charge in [0.05, 0.1) is 7.11 Å². The van der Waals surface area contributed by atoms with Crippen LogP contribution in [0, 0.1) is 5.41 Å². The molecule has 0 unspecified atom stereocenters. The van der Waals surface area contributed by atoms with Gasteiger partial charge in [-0.1, -0.05) is 32.9 Å². The molecule has 1 aromatic carbocycles. The fourth-order valence-electron chi connectivity index (χ4n) is 1.23. The summed E-state index contributed by atoms with van der Waals surface area (Å²) in [4.78, 5) is 23.1. The van der Waals surface area contributed by atoms with Crippen molar-refractivity contribution < 1.29 is 19.1 Å². The molecule has 0 aliphatic rings. The van der Waals surface area contributed by atoms with Crippen LogP contribution in [0.1, 0.15) is 20.8 Å². The Hall–Kier alpha value is -2.24. The summed E-state index contributed by atoms with van der Waals surface area (Å²) in [7, 11) is 1.52. The fraction of sp³-hybridized carbons (Fsp3) is 0.429. The van der Waals surface area contributed by atoms with Crippen molar-refractivity contribution in [2.24, 2.45) is 5.41 Å². The van der Waals surface area contributed by atoms with E-state index in [-0.39, 0.29) is 12.5 Å². The zero-order chi connectivity index (χ0) is 15.2. The second kappa shape index (κ2) is 6.79. The molecule has 0 heterocycles. The number of carbonyl (C=O) groups excluding carboxylic acids is 2. The minimum absolute atomic E-state index is 0.217. The number of rotatable bonds is 4. The zero-order valence-corrected chi connectivity index (χ0v) is 12.1. The number of hydrogen-bond donors (Lipinski definition) is 2. The van der Waals surface area contributed by atoms with Crippen molar-refractivity contribution in [2.45, 2.75) is 20.8 Å². The van der Waals surface area contributed by atoms with Crippen LogP contribution < -0.4 is 20.3 Å². The van der Waals surface area contributed by atoms with Crippen molar-refractivity contribution in [3.05, 3.63) is 24.3 Å². The van der Waals surface area contributed by atoms with Crippen LogP contribution in [0.15, 0.2) is 24.3 Å².